The first-order valence-corrected chi connectivity index (χ1v) is 8.72. The lowest BCUT2D eigenvalue weighted by atomic mass is 9.85. The zero-order valence-corrected chi connectivity index (χ0v) is 15.5. The molecule has 2 aromatic heterocycles. The minimum Gasteiger partial charge on any atom is -0.480 e. The Bertz CT molecular complexity index is 1060. The zero-order valence-electron chi connectivity index (χ0n) is 15.5. The van der Waals surface area contributed by atoms with E-state index in [0.717, 1.165) is 17.7 Å². The van der Waals surface area contributed by atoms with Crippen LogP contribution in [-0.2, 0) is 11.0 Å². The monoisotopic (exact) mass is 403 g/mol. The van der Waals surface area contributed by atoms with Crippen LogP contribution in [0.15, 0.2) is 36.4 Å². The van der Waals surface area contributed by atoms with Crippen molar-refractivity contribution in [3.63, 3.8) is 0 Å². The summed E-state index contributed by atoms with van der Waals surface area (Å²) >= 11 is 0. The number of amides is 1. The van der Waals surface area contributed by atoms with E-state index in [1.54, 1.807) is 19.1 Å². The average Bonchev–Trinajstić information content (AvgIpc) is 3.03. The van der Waals surface area contributed by atoms with Gasteiger partial charge in [-0.3, -0.25) is 4.79 Å². The van der Waals surface area contributed by atoms with Gasteiger partial charge in [0.15, 0.2) is 5.82 Å². The summed E-state index contributed by atoms with van der Waals surface area (Å²) in [7, 11) is 1.47. The SMILES string of the molecule is COc1ccc(-n2nc(C)c3c2NC(=O)C[C@@H]3c2ccc(C(F)(F)F)cc2)nn1. The summed E-state index contributed by atoms with van der Waals surface area (Å²) in [4.78, 5) is 12.3. The highest BCUT2D eigenvalue weighted by molar-refractivity contribution is 5.95. The van der Waals surface area contributed by atoms with Crippen molar-refractivity contribution in [1.82, 2.24) is 20.0 Å². The number of aryl methyl sites for hydroxylation is 1. The molecule has 0 saturated carbocycles. The highest BCUT2D eigenvalue weighted by Gasteiger charge is 2.34. The molecule has 1 N–H and O–H groups in total. The van der Waals surface area contributed by atoms with Crippen LogP contribution in [-0.4, -0.2) is 33.0 Å². The highest BCUT2D eigenvalue weighted by Crippen LogP contribution is 2.40. The van der Waals surface area contributed by atoms with Gasteiger partial charge in [0.25, 0.3) is 0 Å². The van der Waals surface area contributed by atoms with Gasteiger partial charge in [0.2, 0.25) is 11.8 Å². The third kappa shape index (κ3) is 3.41. The van der Waals surface area contributed by atoms with Crippen molar-refractivity contribution in [3.05, 3.63) is 58.8 Å². The Labute approximate surface area is 163 Å². The van der Waals surface area contributed by atoms with Gasteiger partial charge in [-0.1, -0.05) is 12.1 Å². The van der Waals surface area contributed by atoms with Crippen molar-refractivity contribution in [2.24, 2.45) is 0 Å². The predicted octanol–water partition coefficient (Wildman–Crippen LogP) is 3.47. The Morgan fingerprint density at radius 2 is 1.86 bits per heavy atom. The fourth-order valence-electron chi connectivity index (χ4n) is 3.44. The molecule has 29 heavy (non-hydrogen) atoms. The van der Waals surface area contributed by atoms with Crippen molar-refractivity contribution in [2.75, 3.05) is 12.4 Å². The molecular formula is C19H16F3N5O2. The first kappa shape index (κ1) is 18.9. The lowest BCUT2D eigenvalue weighted by molar-refractivity contribution is -0.137. The number of benzene rings is 1. The number of halogens is 3. The van der Waals surface area contributed by atoms with E-state index in [0.29, 0.717) is 28.8 Å². The Hall–Kier alpha value is -3.43. The lowest BCUT2D eigenvalue weighted by Gasteiger charge is -2.24. The van der Waals surface area contributed by atoms with E-state index in [1.807, 2.05) is 0 Å². The second-order valence-corrected chi connectivity index (χ2v) is 6.62. The molecular weight excluding hydrogens is 387 g/mol. The summed E-state index contributed by atoms with van der Waals surface area (Å²) in [6.07, 6.45) is -4.30. The number of carbonyl (C=O) groups excluding carboxylic acids is 1. The second kappa shape index (κ2) is 6.87. The molecule has 0 radical (unpaired) electrons. The van der Waals surface area contributed by atoms with Crippen molar-refractivity contribution in [3.8, 4) is 11.7 Å². The van der Waals surface area contributed by atoms with E-state index < -0.39 is 17.7 Å². The molecule has 4 rings (SSSR count). The van der Waals surface area contributed by atoms with Crippen LogP contribution in [0.5, 0.6) is 5.88 Å². The van der Waals surface area contributed by atoms with Crippen LogP contribution in [0.2, 0.25) is 0 Å². The summed E-state index contributed by atoms with van der Waals surface area (Å²) in [5, 5.41) is 15.2. The lowest BCUT2D eigenvalue weighted by Crippen LogP contribution is -2.25. The van der Waals surface area contributed by atoms with E-state index in [-0.39, 0.29) is 12.3 Å². The summed E-state index contributed by atoms with van der Waals surface area (Å²) in [6.45, 7) is 1.78. The maximum absolute atomic E-state index is 12.9. The number of methoxy groups -OCH3 is 1. The zero-order chi connectivity index (χ0) is 20.8. The predicted molar refractivity (Wildman–Crippen MR) is 97.0 cm³/mol. The van der Waals surface area contributed by atoms with Crippen LogP contribution in [0.25, 0.3) is 5.82 Å². The largest absolute Gasteiger partial charge is 0.480 e. The number of rotatable bonds is 3. The van der Waals surface area contributed by atoms with E-state index in [9.17, 15) is 18.0 Å². The van der Waals surface area contributed by atoms with Gasteiger partial charge in [0.1, 0.15) is 5.82 Å². The van der Waals surface area contributed by atoms with Crippen molar-refractivity contribution >= 4 is 11.7 Å². The minimum atomic E-state index is -4.42. The maximum atomic E-state index is 12.9. The molecule has 0 saturated heterocycles. The summed E-state index contributed by atoms with van der Waals surface area (Å²) in [6, 6.07) is 8.11. The van der Waals surface area contributed by atoms with Crippen molar-refractivity contribution in [1.29, 1.82) is 0 Å². The van der Waals surface area contributed by atoms with Crippen LogP contribution in [0.1, 0.15) is 34.7 Å². The Kier molecular flexibility index (Phi) is 4.48. The third-order valence-electron chi connectivity index (χ3n) is 4.80. The molecule has 0 fully saturated rings. The molecule has 1 atom stereocenters. The molecule has 10 heteroatoms. The highest BCUT2D eigenvalue weighted by atomic mass is 19.4. The normalized spacial score (nSPS) is 16.3. The quantitative estimate of drug-likeness (QED) is 0.724. The van der Waals surface area contributed by atoms with Crippen LogP contribution < -0.4 is 10.1 Å². The van der Waals surface area contributed by atoms with Gasteiger partial charge in [0.05, 0.1) is 18.4 Å². The second-order valence-electron chi connectivity index (χ2n) is 6.62. The Morgan fingerprint density at radius 3 is 2.45 bits per heavy atom. The molecule has 3 heterocycles. The molecule has 7 nitrogen and oxygen atoms in total. The van der Waals surface area contributed by atoms with E-state index in [1.165, 1.54) is 23.9 Å². The molecule has 1 aliphatic heterocycles. The van der Waals surface area contributed by atoms with E-state index in [2.05, 4.69) is 20.6 Å². The van der Waals surface area contributed by atoms with Gasteiger partial charge in [-0.2, -0.15) is 23.0 Å². The number of alkyl halides is 3. The van der Waals surface area contributed by atoms with Gasteiger partial charge < -0.3 is 10.1 Å². The molecule has 0 spiro atoms. The minimum absolute atomic E-state index is 0.110. The smallest absolute Gasteiger partial charge is 0.416 e. The number of fused-ring (bicyclic) bond motifs is 1. The number of nitrogens with zero attached hydrogens (tertiary/aromatic N) is 4. The maximum Gasteiger partial charge on any atom is 0.416 e. The van der Waals surface area contributed by atoms with Gasteiger partial charge in [-0.15, -0.1) is 10.2 Å². The number of hydrogen-bond donors (Lipinski definition) is 1. The molecule has 0 unspecified atom stereocenters. The summed E-state index contributed by atoms with van der Waals surface area (Å²) < 4.78 is 45.1. The molecule has 1 aromatic carbocycles. The third-order valence-corrected chi connectivity index (χ3v) is 4.80. The van der Waals surface area contributed by atoms with Gasteiger partial charge >= 0.3 is 6.18 Å². The van der Waals surface area contributed by atoms with Gasteiger partial charge in [0, 0.05) is 24.0 Å². The van der Waals surface area contributed by atoms with Crippen molar-refractivity contribution in [2.45, 2.75) is 25.4 Å². The van der Waals surface area contributed by atoms with E-state index >= 15 is 0 Å². The Morgan fingerprint density at radius 1 is 1.14 bits per heavy atom. The fourth-order valence-corrected chi connectivity index (χ4v) is 3.44. The molecule has 1 aliphatic rings. The van der Waals surface area contributed by atoms with Crippen LogP contribution in [0, 0.1) is 6.92 Å². The Balaban J connectivity index is 1.77. The average molecular weight is 403 g/mol. The molecule has 150 valence electrons. The standard InChI is InChI=1S/C19H16F3N5O2/c1-10-17-13(11-3-5-12(6-4-11)19(20,21)22)9-15(28)23-18(17)27(26-10)14-7-8-16(29-2)25-24-14/h3-8,13H,9H2,1-2H3,(H,23,28)/t13-/m1/s1. The molecule has 0 aliphatic carbocycles. The van der Waals surface area contributed by atoms with Crippen LogP contribution in [0.3, 0.4) is 0 Å². The first-order valence-electron chi connectivity index (χ1n) is 8.72. The fraction of sp³-hybridized carbons (Fsp3) is 0.263. The van der Waals surface area contributed by atoms with E-state index in [4.69, 9.17) is 4.74 Å². The number of nitrogens with one attached hydrogen (secondary N) is 1. The number of hydrogen-bond acceptors (Lipinski definition) is 5. The van der Waals surface area contributed by atoms with Gasteiger partial charge in [-0.05, 0) is 30.7 Å². The topological polar surface area (TPSA) is 81.9 Å². The van der Waals surface area contributed by atoms with Crippen LogP contribution in [0.4, 0.5) is 19.0 Å². The molecule has 3 aromatic rings. The number of anilines is 1. The molecule has 1 amide bonds. The first-order chi connectivity index (χ1) is 13.8. The molecule has 0 bridgehead atoms. The van der Waals surface area contributed by atoms with Crippen LogP contribution >= 0.6 is 0 Å². The number of aromatic nitrogens is 4. The van der Waals surface area contributed by atoms with Gasteiger partial charge in [-0.25, -0.2) is 0 Å². The summed E-state index contributed by atoms with van der Waals surface area (Å²) in [5.41, 5.74) is 1.25. The van der Waals surface area contributed by atoms with Crippen molar-refractivity contribution < 1.29 is 22.7 Å². The number of ether oxygens (including phenoxy) is 1. The summed E-state index contributed by atoms with van der Waals surface area (Å²) in [5.74, 6) is 0.468. The number of carbonyl (C=O) groups is 1.